The van der Waals surface area contributed by atoms with Crippen LogP contribution < -0.4 is 11.5 Å². The largest absolute Gasteiger partial charge is 0.328 e. The van der Waals surface area contributed by atoms with E-state index in [1.54, 1.807) is 0 Å². The van der Waals surface area contributed by atoms with Crippen molar-refractivity contribution in [3.05, 3.63) is 30.1 Å². The predicted octanol–water partition coefficient (Wildman–Crippen LogP) is 1.61. The van der Waals surface area contributed by atoms with Crippen LogP contribution in [0.1, 0.15) is 37.8 Å². The second-order valence-electron chi connectivity index (χ2n) is 5.02. The van der Waals surface area contributed by atoms with Gasteiger partial charge in [-0.05, 0) is 50.7 Å². The monoisotopic (exact) mass is 219 g/mol. The normalized spacial score (nSPS) is 30.2. The Balaban J connectivity index is 1.85. The fourth-order valence-corrected chi connectivity index (χ4v) is 2.39. The van der Waals surface area contributed by atoms with Crippen molar-refractivity contribution in [1.29, 1.82) is 0 Å². The zero-order chi connectivity index (χ0) is 11.4. The first-order chi connectivity index (χ1) is 7.68. The Kier molecular flexibility index (Phi) is 3.56. The first-order valence-corrected chi connectivity index (χ1v) is 6.12. The number of aryl methyl sites for hydroxylation is 1. The summed E-state index contributed by atoms with van der Waals surface area (Å²) in [5, 5.41) is 0. The van der Waals surface area contributed by atoms with Crippen LogP contribution in [-0.4, -0.2) is 16.6 Å². The second kappa shape index (κ2) is 4.93. The lowest BCUT2D eigenvalue weighted by atomic mass is 9.77. The molecule has 0 spiro atoms. The number of hydrogen-bond acceptors (Lipinski definition) is 3. The molecule has 1 fully saturated rings. The average molecular weight is 219 g/mol. The van der Waals surface area contributed by atoms with Gasteiger partial charge in [-0.3, -0.25) is 4.98 Å². The molecule has 4 N–H and O–H groups in total. The molecule has 0 amide bonds. The predicted molar refractivity (Wildman–Crippen MR) is 65.9 cm³/mol. The van der Waals surface area contributed by atoms with Gasteiger partial charge in [0.25, 0.3) is 0 Å². The third-order valence-electron chi connectivity index (χ3n) is 3.63. The molecule has 88 valence electrons. The van der Waals surface area contributed by atoms with E-state index in [-0.39, 0.29) is 5.54 Å². The van der Waals surface area contributed by atoms with Gasteiger partial charge in [0.05, 0.1) is 0 Å². The van der Waals surface area contributed by atoms with Crippen molar-refractivity contribution in [2.45, 2.75) is 50.1 Å². The van der Waals surface area contributed by atoms with Crippen LogP contribution in [0.4, 0.5) is 0 Å². The zero-order valence-corrected chi connectivity index (χ0v) is 9.73. The van der Waals surface area contributed by atoms with Crippen LogP contribution in [0.3, 0.4) is 0 Å². The van der Waals surface area contributed by atoms with Gasteiger partial charge in [-0.1, -0.05) is 6.07 Å². The average Bonchev–Trinajstić information content (AvgIpc) is 2.33. The lowest BCUT2D eigenvalue weighted by molar-refractivity contribution is 0.257. The van der Waals surface area contributed by atoms with Crippen LogP contribution in [0.5, 0.6) is 0 Å². The molecule has 0 atom stereocenters. The molecule has 0 aromatic carbocycles. The van der Waals surface area contributed by atoms with Gasteiger partial charge in [0.15, 0.2) is 0 Å². The summed E-state index contributed by atoms with van der Waals surface area (Å²) in [5.74, 6) is 0. The van der Waals surface area contributed by atoms with Gasteiger partial charge in [-0.25, -0.2) is 0 Å². The molecule has 3 nitrogen and oxygen atoms in total. The van der Waals surface area contributed by atoms with Gasteiger partial charge < -0.3 is 11.5 Å². The molecule has 0 aliphatic heterocycles. The summed E-state index contributed by atoms with van der Waals surface area (Å²) < 4.78 is 0. The second-order valence-corrected chi connectivity index (χ2v) is 5.02. The Morgan fingerprint density at radius 2 is 2.06 bits per heavy atom. The Labute approximate surface area is 97.2 Å². The maximum Gasteiger partial charge on any atom is 0.0404 e. The molecule has 1 saturated carbocycles. The number of hydrogen-bond donors (Lipinski definition) is 2. The number of rotatable bonds is 3. The van der Waals surface area contributed by atoms with Crippen molar-refractivity contribution in [1.82, 2.24) is 4.98 Å². The first kappa shape index (κ1) is 11.6. The molecular formula is C13H21N3. The van der Waals surface area contributed by atoms with E-state index >= 15 is 0 Å². The van der Waals surface area contributed by atoms with Crippen molar-refractivity contribution in [2.24, 2.45) is 11.5 Å². The van der Waals surface area contributed by atoms with E-state index in [9.17, 15) is 0 Å². The van der Waals surface area contributed by atoms with E-state index in [4.69, 9.17) is 11.5 Å². The van der Waals surface area contributed by atoms with Crippen molar-refractivity contribution in [2.75, 3.05) is 0 Å². The quantitative estimate of drug-likeness (QED) is 0.811. The highest BCUT2D eigenvalue weighted by atomic mass is 14.8. The lowest BCUT2D eigenvalue weighted by Gasteiger charge is -2.36. The molecule has 1 heterocycles. The molecule has 0 radical (unpaired) electrons. The molecule has 2 rings (SSSR count). The third-order valence-corrected chi connectivity index (χ3v) is 3.63. The Bertz CT molecular complexity index is 315. The van der Waals surface area contributed by atoms with E-state index in [1.807, 2.05) is 18.3 Å². The summed E-state index contributed by atoms with van der Waals surface area (Å²) in [5.41, 5.74) is 13.4. The first-order valence-electron chi connectivity index (χ1n) is 6.12. The zero-order valence-electron chi connectivity index (χ0n) is 9.73. The van der Waals surface area contributed by atoms with Crippen molar-refractivity contribution in [3.63, 3.8) is 0 Å². The van der Waals surface area contributed by atoms with Crippen LogP contribution in [0.15, 0.2) is 24.4 Å². The summed E-state index contributed by atoms with van der Waals surface area (Å²) in [6.45, 7) is 0. The van der Waals surface area contributed by atoms with Gasteiger partial charge in [0.2, 0.25) is 0 Å². The molecule has 1 aromatic heterocycles. The molecule has 1 aliphatic carbocycles. The van der Waals surface area contributed by atoms with E-state index in [0.29, 0.717) is 6.04 Å². The maximum absolute atomic E-state index is 6.39. The van der Waals surface area contributed by atoms with Gasteiger partial charge in [0.1, 0.15) is 0 Å². The van der Waals surface area contributed by atoms with Crippen molar-refractivity contribution in [3.8, 4) is 0 Å². The van der Waals surface area contributed by atoms with Gasteiger partial charge in [-0.2, -0.15) is 0 Å². The minimum absolute atomic E-state index is 0.00656. The van der Waals surface area contributed by atoms with Crippen LogP contribution >= 0.6 is 0 Å². The minimum atomic E-state index is -0.00656. The summed E-state index contributed by atoms with van der Waals surface area (Å²) >= 11 is 0. The van der Waals surface area contributed by atoms with E-state index in [1.165, 1.54) is 0 Å². The summed E-state index contributed by atoms with van der Waals surface area (Å²) in [4.78, 5) is 4.33. The number of pyridine rings is 1. The SMILES string of the molecule is NC1CCC(N)(CCc2ccccn2)CC1. The van der Waals surface area contributed by atoms with Crippen LogP contribution in [0, 0.1) is 0 Å². The van der Waals surface area contributed by atoms with Gasteiger partial charge in [-0.15, -0.1) is 0 Å². The molecule has 0 saturated heterocycles. The van der Waals surface area contributed by atoms with Crippen molar-refractivity contribution < 1.29 is 0 Å². The molecular weight excluding hydrogens is 198 g/mol. The molecule has 16 heavy (non-hydrogen) atoms. The highest BCUT2D eigenvalue weighted by Gasteiger charge is 2.29. The van der Waals surface area contributed by atoms with Gasteiger partial charge >= 0.3 is 0 Å². The van der Waals surface area contributed by atoms with Crippen molar-refractivity contribution >= 4 is 0 Å². The molecule has 0 bridgehead atoms. The highest BCUT2D eigenvalue weighted by Crippen LogP contribution is 2.29. The lowest BCUT2D eigenvalue weighted by Crippen LogP contribution is -2.46. The summed E-state index contributed by atoms with van der Waals surface area (Å²) in [6, 6.07) is 6.41. The van der Waals surface area contributed by atoms with Crippen LogP contribution in [0.25, 0.3) is 0 Å². The highest BCUT2D eigenvalue weighted by molar-refractivity contribution is 5.05. The van der Waals surface area contributed by atoms with Gasteiger partial charge in [0, 0.05) is 23.5 Å². The number of aromatic nitrogens is 1. The Morgan fingerprint density at radius 3 is 2.69 bits per heavy atom. The third kappa shape index (κ3) is 3.03. The molecule has 0 unspecified atom stereocenters. The molecule has 3 heteroatoms. The number of nitrogens with zero attached hydrogens (tertiary/aromatic N) is 1. The maximum atomic E-state index is 6.39. The standard InChI is InChI=1S/C13H21N3/c14-11-4-7-13(15,8-5-11)9-6-12-3-1-2-10-16-12/h1-3,10-11H,4-9,14-15H2. The Morgan fingerprint density at radius 1 is 1.31 bits per heavy atom. The summed E-state index contributed by atoms with van der Waals surface area (Å²) in [6.07, 6.45) is 8.10. The fourth-order valence-electron chi connectivity index (χ4n) is 2.39. The van der Waals surface area contributed by atoms with Crippen LogP contribution in [0.2, 0.25) is 0 Å². The number of nitrogens with two attached hydrogens (primary N) is 2. The minimum Gasteiger partial charge on any atom is -0.328 e. The van der Waals surface area contributed by atoms with E-state index in [0.717, 1.165) is 44.2 Å². The molecule has 1 aromatic rings. The van der Waals surface area contributed by atoms with E-state index in [2.05, 4.69) is 11.1 Å². The van der Waals surface area contributed by atoms with E-state index < -0.39 is 0 Å². The Hall–Kier alpha value is -0.930. The molecule has 1 aliphatic rings. The summed E-state index contributed by atoms with van der Waals surface area (Å²) in [7, 11) is 0. The topological polar surface area (TPSA) is 64.9 Å². The fraction of sp³-hybridized carbons (Fsp3) is 0.615. The smallest absolute Gasteiger partial charge is 0.0404 e. The van der Waals surface area contributed by atoms with Crippen LogP contribution in [-0.2, 0) is 6.42 Å².